The van der Waals surface area contributed by atoms with E-state index >= 15 is 0 Å². The first-order valence-electron chi connectivity index (χ1n) is 5.99. The Bertz CT molecular complexity index is 396. The second-order valence-corrected chi connectivity index (χ2v) is 4.62. The Morgan fingerprint density at radius 1 is 1.59 bits per heavy atom. The molecule has 1 rings (SSSR count). The number of hydrogen-bond acceptors (Lipinski definition) is 3. The lowest BCUT2D eigenvalue weighted by Gasteiger charge is -2.10. The molecule has 0 radical (unpaired) electrons. The SMILES string of the molecule is CCCCCC(C)C(=O)Nc1c[nH]c(=S)cn1. The molecule has 1 unspecified atom stereocenters. The third kappa shape index (κ3) is 5.08. The third-order valence-electron chi connectivity index (χ3n) is 2.61. The maximum absolute atomic E-state index is 11.8. The smallest absolute Gasteiger partial charge is 0.228 e. The summed E-state index contributed by atoms with van der Waals surface area (Å²) in [6.07, 6.45) is 7.49. The van der Waals surface area contributed by atoms with Gasteiger partial charge in [-0.15, -0.1) is 0 Å². The van der Waals surface area contributed by atoms with Crippen LogP contribution < -0.4 is 5.32 Å². The first-order valence-corrected chi connectivity index (χ1v) is 6.40. The molecule has 1 aromatic heterocycles. The van der Waals surface area contributed by atoms with Crippen molar-refractivity contribution < 1.29 is 4.79 Å². The van der Waals surface area contributed by atoms with Crippen molar-refractivity contribution in [3.8, 4) is 0 Å². The second kappa shape index (κ2) is 7.17. The summed E-state index contributed by atoms with van der Waals surface area (Å²) in [6.45, 7) is 4.09. The highest BCUT2D eigenvalue weighted by Gasteiger charge is 2.12. The van der Waals surface area contributed by atoms with Gasteiger partial charge < -0.3 is 10.3 Å². The summed E-state index contributed by atoms with van der Waals surface area (Å²) in [7, 11) is 0. The number of H-pyrrole nitrogens is 1. The number of aromatic nitrogens is 2. The molecule has 0 bridgehead atoms. The molecule has 0 aliphatic rings. The zero-order chi connectivity index (χ0) is 12.7. The fraction of sp³-hybridized carbons (Fsp3) is 0.583. The molecule has 1 atom stereocenters. The topological polar surface area (TPSA) is 57.8 Å². The summed E-state index contributed by atoms with van der Waals surface area (Å²) in [5.74, 6) is 0.552. The zero-order valence-corrected chi connectivity index (χ0v) is 11.1. The maximum Gasteiger partial charge on any atom is 0.228 e. The van der Waals surface area contributed by atoms with Gasteiger partial charge in [-0.1, -0.05) is 45.3 Å². The number of unbranched alkanes of at least 4 members (excludes halogenated alkanes) is 2. The molecule has 0 fully saturated rings. The van der Waals surface area contributed by atoms with Gasteiger partial charge in [0.1, 0.15) is 10.5 Å². The van der Waals surface area contributed by atoms with Crippen molar-refractivity contribution in [3.63, 3.8) is 0 Å². The van der Waals surface area contributed by atoms with Crippen molar-refractivity contribution in [2.45, 2.75) is 39.5 Å². The third-order valence-corrected chi connectivity index (χ3v) is 2.83. The first-order chi connectivity index (χ1) is 8.13. The van der Waals surface area contributed by atoms with Crippen LogP contribution in [0.4, 0.5) is 5.82 Å². The fourth-order valence-electron chi connectivity index (χ4n) is 1.49. The lowest BCUT2D eigenvalue weighted by molar-refractivity contribution is -0.119. The average molecular weight is 253 g/mol. The molecule has 0 aromatic carbocycles. The van der Waals surface area contributed by atoms with Gasteiger partial charge in [0.25, 0.3) is 0 Å². The predicted octanol–water partition coefficient (Wildman–Crippen LogP) is 3.29. The number of nitrogens with one attached hydrogen (secondary N) is 2. The summed E-state index contributed by atoms with van der Waals surface area (Å²) >= 11 is 4.88. The molecule has 0 aliphatic heterocycles. The van der Waals surface area contributed by atoms with E-state index in [9.17, 15) is 4.79 Å². The van der Waals surface area contributed by atoms with Gasteiger partial charge in [-0.05, 0) is 6.42 Å². The monoisotopic (exact) mass is 253 g/mol. The Kier molecular flexibility index (Phi) is 5.83. The van der Waals surface area contributed by atoms with Gasteiger partial charge in [0, 0.05) is 12.1 Å². The number of carbonyl (C=O) groups is 1. The number of carbonyl (C=O) groups excluding carboxylic acids is 1. The second-order valence-electron chi connectivity index (χ2n) is 4.18. The van der Waals surface area contributed by atoms with E-state index in [1.54, 1.807) is 6.20 Å². The molecule has 4 nitrogen and oxygen atoms in total. The zero-order valence-electron chi connectivity index (χ0n) is 10.3. The predicted molar refractivity (Wildman–Crippen MR) is 71.4 cm³/mol. The number of hydrogen-bond donors (Lipinski definition) is 2. The molecule has 0 aliphatic carbocycles. The highest BCUT2D eigenvalue weighted by molar-refractivity contribution is 7.71. The molecular weight excluding hydrogens is 234 g/mol. The van der Waals surface area contributed by atoms with E-state index in [2.05, 4.69) is 22.2 Å². The van der Waals surface area contributed by atoms with E-state index < -0.39 is 0 Å². The van der Waals surface area contributed by atoms with Crippen LogP contribution in [0.1, 0.15) is 39.5 Å². The Balaban J connectivity index is 2.42. The van der Waals surface area contributed by atoms with E-state index in [0.717, 1.165) is 12.8 Å². The molecular formula is C12H19N3OS. The molecule has 0 saturated carbocycles. The molecule has 2 N–H and O–H groups in total. The van der Waals surface area contributed by atoms with Crippen LogP contribution in [-0.2, 0) is 4.79 Å². The molecule has 1 amide bonds. The van der Waals surface area contributed by atoms with Crippen molar-refractivity contribution in [2.24, 2.45) is 5.92 Å². The number of nitrogens with zero attached hydrogens (tertiary/aromatic N) is 1. The number of amides is 1. The summed E-state index contributed by atoms with van der Waals surface area (Å²) in [4.78, 5) is 18.7. The molecule has 0 saturated heterocycles. The van der Waals surface area contributed by atoms with Crippen molar-refractivity contribution in [1.82, 2.24) is 9.97 Å². The van der Waals surface area contributed by atoms with Gasteiger partial charge in [-0.25, -0.2) is 4.98 Å². The quantitative estimate of drug-likeness (QED) is 0.604. The lowest BCUT2D eigenvalue weighted by atomic mass is 10.0. The lowest BCUT2D eigenvalue weighted by Crippen LogP contribution is -2.21. The van der Waals surface area contributed by atoms with Gasteiger partial charge >= 0.3 is 0 Å². The van der Waals surface area contributed by atoms with Crippen LogP contribution in [-0.4, -0.2) is 15.9 Å². The average Bonchev–Trinajstić information content (AvgIpc) is 2.32. The molecule has 0 spiro atoms. The van der Waals surface area contributed by atoms with E-state index in [1.807, 2.05) is 6.92 Å². The van der Waals surface area contributed by atoms with Crippen molar-refractivity contribution in [1.29, 1.82) is 0 Å². The van der Waals surface area contributed by atoms with Crippen molar-refractivity contribution in [2.75, 3.05) is 5.32 Å². The van der Waals surface area contributed by atoms with Crippen molar-refractivity contribution in [3.05, 3.63) is 17.0 Å². The number of anilines is 1. The summed E-state index contributed by atoms with van der Waals surface area (Å²) in [6, 6.07) is 0. The Morgan fingerprint density at radius 2 is 2.35 bits per heavy atom. The van der Waals surface area contributed by atoms with Gasteiger partial charge in [0.2, 0.25) is 5.91 Å². The molecule has 1 heterocycles. The minimum atomic E-state index is 0.0131. The summed E-state index contributed by atoms with van der Waals surface area (Å²) in [5.41, 5.74) is 0. The first kappa shape index (κ1) is 13.8. The molecule has 17 heavy (non-hydrogen) atoms. The fourth-order valence-corrected chi connectivity index (χ4v) is 1.60. The van der Waals surface area contributed by atoms with Crippen LogP contribution in [0.3, 0.4) is 0 Å². The molecule has 94 valence electrons. The van der Waals surface area contributed by atoms with E-state index in [4.69, 9.17) is 12.2 Å². The van der Waals surface area contributed by atoms with E-state index in [0.29, 0.717) is 10.5 Å². The van der Waals surface area contributed by atoms with Gasteiger partial charge in [0.15, 0.2) is 0 Å². The normalized spacial score (nSPS) is 12.1. The summed E-state index contributed by atoms with van der Waals surface area (Å²) < 4.78 is 0.555. The molecule has 1 aromatic rings. The molecule has 5 heteroatoms. The van der Waals surface area contributed by atoms with Gasteiger partial charge in [-0.3, -0.25) is 4.79 Å². The standard InChI is InChI=1S/C12H19N3OS/c1-3-4-5-6-9(2)12(16)15-10-7-14-11(17)8-13-10/h7-9H,3-6H2,1-2H3,(H,14,17)(H,13,15,16). The minimum Gasteiger partial charge on any atom is -0.348 e. The Morgan fingerprint density at radius 3 is 2.94 bits per heavy atom. The summed E-state index contributed by atoms with van der Waals surface area (Å²) in [5, 5.41) is 2.77. The highest BCUT2D eigenvalue weighted by atomic mass is 32.1. The highest BCUT2D eigenvalue weighted by Crippen LogP contribution is 2.11. The van der Waals surface area contributed by atoms with Gasteiger partial charge in [-0.2, -0.15) is 0 Å². The van der Waals surface area contributed by atoms with Crippen LogP contribution >= 0.6 is 12.2 Å². The Hall–Kier alpha value is -1.23. The van der Waals surface area contributed by atoms with Crippen LogP contribution in [0.15, 0.2) is 12.4 Å². The van der Waals surface area contributed by atoms with E-state index in [-0.39, 0.29) is 11.8 Å². The van der Waals surface area contributed by atoms with Crippen LogP contribution in [0.5, 0.6) is 0 Å². The Labute approximate surface area is 107 Å². The van der Waals surface area contributed by atoms with Crippen molar-refractivity contribution >= 4 is 23.9 Å². The largest absolute Gasteiger partial charge is 0.348 e. The number of rotatable bonds is 6. The van der Waals surface area contributed by atoms with Crippen LogP contribution in [0, 0.1) is 10.6 Å². The van der Waals surface area contributed by atoms with Crippen LogP contribution in [0.25, 0.3) is 0 Å². The van der Waals surface area contributed by atoms with Crippen LogP contribution in [0.2, 0.25) is 0 Å². The maximum atomic E-state index is 11.8. The number of aromatic amines is 1. The minimum absolute atomic E-state index is 0.0131. The van der Waals surface area contributed by atoms with E-state index in [1.165, 1.54) is 19.0 Å². The van der Waals surface area contributed by atoms with Gasteiger partial charge in [0.05, 0.1) is 6.20 Å².